The second-order valence-corrected chi connectivity index (χ2v) is 9.56. The molecule has 198 valence electrons. The van der Waals surface area contributed by atoms with Gasteiger partial charge in [-0.2, -0.15) is 13.9 Å². The van der Waals surface area contributed by atoms with Gasteiger partial charge in [-0.3, -0.25) is 9.69 Å². The van der Waals surface area contributed by atoms with Gasteiger partial charge in [-0.1, -0.05) is 11.6 Å². The average Bonchev–Trinajstić information content (AvgIpc) is 3.63. The van der Waals surface area contributed by atoms with Crippen molar-refractivity contribution in [2.75, 3.05) is 16.8 Å². The van der Waals surface area contributed by atoms with Crippen LogP contribution in [0, 0.1) is 11.6 Å². The van der Waals surface area contributed by atoms with Gasteiger partial charge in [0.15, 0.2) is 0 Å². The van der Waals surface area contributed by atoms with Gasteiger partial charge in [0.1, 0.15) is 11.6 Å². The van der Waals surface area contributed by atoms with E-state index in [0.29, 0.717) is 40.0 Å². The van der Waals surface area contributed by atoms with Gasteiger partial charge in [-0.25, -0.2) is 18.3 Å². The Kier molecular flexibility index (Phi) is 6.02. The lowest BCUT2D eigenvalue weighted by Crippen LogP contribution is -2.33. The van der Waals surface area contributed by atoms with Gasteiger partial charge in [0.2, 0.25) is 0 Å². The van der Waals surface area contributed by atoms with Crippen LogP contribution in [0.5, 0.6) is 0 Å². The highest BCUT2D eigenvalue weighted by atomic mass is 35.5. The van der Waals surface area contributed by atoms with Crippen molar-refractivity contribution in [1.29, 1.82) is 0 Å². The Labute approximate surface area is 224 Å². The van der Waals surface area contributed by atoms with E-state index in [0.717, 1.165) is 6.20 Å². The zero-order valence-corrected chi connectivity index (χ0v) is 20.6. The molecule has 3 amide bonds. The van der Waals surface area contributed by atoms with Gasteiger partial charge in [0, 0.05) is 51.4 Å². The molecule has 0 aliphatic carbocycles. The van der Waals surface area contributed by atoms with E-state index in [1.54, 1.807) is 0 Å². The Morgan fingerprint density at radius 1 is 1.08 bits per heavy atom. The fraction of sp³-hybridized carbons (Fsp3) is 0.148. The molecule has 12 heteroatoms. The highest BCUT2D eigenvalue weighted by Gasteiger charge is 2.36. The first-order valence-corrected chi connectivity index (χ1v) is 12.2. The minimum atomic E-state index is -2.87. The Bertz CT molecular complexity index is 1660. The summed E-state index contributed by atoms with van der Waals surface area (Å²) in [6.07, 6.45) is 2.79. The fourth-order valence-corrected chi connectivity index (χ4v) is 5.26. The topological polar surface area (TPSA) is 79.3 Å². The summed E-state index contributed by atoms with van der Waals surface area (Å²) >= 11 is 6.35. The average molecular weight is 556 g/mol. The minimum Gasteiger partial charge on any atom is -0.341 e. The standard InChI is InChI=1S/C27H18ClF4N5O2/c28-20-3-1-17(30)10-18(20)24-23-19(25(38)35-24)8-14(15-11-33-37(12-15)26(31)32)9-21(23)34-27(39)36-6-5-13-7-16(29)2-4-22(13)36/h1-4,7-12,24,26H,5-6H2,(H,34,39)(H,35,38). The van der Waals surface area contributed by atoms with E-state index in [2.05, 4.69) is 15.7 Å². The third kappa shape index (κ3) is 4.38. The number of anilines is 2. The number of benzene rings is 3. The number of hydrogen-bond acceptors (Lipinski definition) is 3. The van der Waals surface area contributed by atoms with E-state index in [1.165, 1.54) is 59.6 Å². The molecule has 3 aromatic carbocycles. The lowest BCUT2D eigenvalue weighted by atomic mass is 9.93. The van der Waals surface area contributed by atoms with Crippen molar-refractivity contribution in [1.82, 2.24) is 15.1 Å². The number of urea groups is 1. The second kappa shape index (κ2) is 9.42. The molecule has 3 heterocycles. The predicted molar refractivity (Wildman–Crippen MR) is 136 cm³/mol. The molecule has 0 bridgehead atoms. The third-order valence-corrected chi connectivity index (χ3v) is 7.16. The van der Waals surface area contributed by atoms with Crippen molar-refractivity contribution in [3.63, 3.8) is 0 Å². The van der Waals surface area contributed by atoms with E-state index < -0.39 is 36.2 Å². The molecule has 1 aromatic heterocycles. The molecule has 2 N–H and O–H groups in total. The first-order chi connectivity index (χ1) is 18.7. The van der Waals surface area contributed by atoms with Crippen LogP contribution in [0.25, 0.3) is 11.1 Å². The molecule has 7 nitrogen and oxygen atoms in total. The number of alkyl halides is 2. The molecular formula is C27H18ClF4N5O2. The van der Waals surface area contributed by atoms with E-state index in [-0.39, 0.29) is 27.4 Å². The van der Waals surface area contributed by atoms with Crippen LogP contribution in [0.1, 0.15) is 39.6 Å². The number of nitrogens with one attached hydrogen (secondary N) is 2. The van der Waals surface area contributed by atoms with Crippen molar-refractivity contribution < 1.29 is 27.2 Å². The van der Waals surface area contributed by atoms with Gasteiger partial charge >= 0.3 is 12.6 Å². The SMILES string of the molecule is O=C1NC(c2cc(F)ccc2Cl)c2c(NC(=O)N3CCc4cc(F)ccc43)cc(-c3cnn(C(F)F)c3)cc21. The van der Waals surface area contributed by atoms with Crippen LogP contribution in [0.2, 0.25) is 5.02 Å². The third-order valence-electron chi connectivity index (χ3n) is 6.82. The number of carbonyl (C=O) groups excluding carboxylic acids is 2. The summed E-state index contributed by atoms with van der Waals surface area (Å²) in [5.74, 6) is -1.50. The van der Waals surface area contributed by atoms with Crippen LogP contribution in [0.3, 0.4) is 0 Å². The number of aromatic nitrogens is 2. The maximum Gasteiger partial charge on any atom is 0.333 e. The van der Waals surface area contributed by atoms with Crippen LogP contribution in [0.4, 0.5) is 33.7 Å². The maximum atomic E-state index is 14.2. The van der Waals surface area contributed by atoms with Gasteiger partial charge in [0.05, 0.1) is 12.2 Å². The Morgan fingerprint density at radius 2 is 1.85 bits per heavy atom. The normalized spacial score (nSPS) is 15.9. The van der Waals surface area contributed by atoms with Gasteiger partial charge < -0.3 is 10.6 Å². The van der Waals surface area contributed by atoms with Crippen LogP contribution >= 0.6 is 11.6 Å². The maximum absolute atomic E-state index is 14.2. The molecule has 1 unspecified atom stereocenters. The molecule has 2 aliphatic rings. The Morgan fingerprint density at radius 3 is 2.62 bits per heavy atom. The van der Waals surface area contributed by atoms with Crippen LogP contribution in [-0.2, 0) is 6.42 Å². The summed E-state index contributed by atoms with van der Waals surface area (Å²) in [4.78, 5) is 28.0. The molecule has 0 fully saturated rings. The molecule has 6 rings (SSSR count). The molecular weight excluding hydrogens is 538 g/mol. The van der Waals surface area contributed by atoms with Crippen molar-refractivity contribution in [2.24, 2.45) is 0 Å². The smallest absolute Gasteiger partial charge is 0.333 e. The summed E-state index contributed by atoms with van der Waals surface area (Å²) in [6.45, 7) is -2.57. The van der Waals surface area contributed by atoms with E-state index >= 15 is 0 Å². The van der Waals surface area contributed by atoms with Crippen molar-refractivity contribution in [2.45, 2.75) is 19.0 Å². The van der Waals surface area contributed by atoms with E-state index in [1.807, 2.05) is 0 Å². The van der Waals surface area contributed by atoms with Crippen LogP contribution in [-0.4, -0.2) is 28.3 Å². The number of amides is 3. The van der Waals surface area contributed by atoms with Crippen molar-refractivity contribution >= 4 is 34.9 Å². The van der Waals surface area contributed by atoms with E-state index in [4.69, 9.17) is 11.6 Å². The Hall–Kier alpha value is -4.38. The number of hydrogen-bond donors (Lipinski definition) is 2. The van der Waals surface area contributed by atoms with Gasteiger partial charge in [0.25, 0.3) is 5.91 Å². The number of halogens is 5. The van der Waals surface area contributed by atoms with Crippen molar-refractivity contribution in [3.05, 3.63) is 99.8 Å². The molecule has 39 heavy (non-hydrogen) atoms. The van der Waals surface area contributed by atoms with Gasteiger partial charge in [-0.15, -0.1) is 0 Å². The monoisotopic (exact) mass is 555 g/mol. The number of carbonyl (C=O) groups is 2. The molecule has 0 radical (unpaired) electrons. The number of rotatable bonds is 4. The van der Waals surface area contributed by atoms with E-state index in [9.17, 15) is 27.2 Å². The zero-order valence-electron chi connectivity index (χ0n) is 19.9. The molecule has 4 aromatic rings. The van der Waals surface area contributed by atoms with Crippen LogP contribution < -0.4 is 15.5 Å². The first kappa shape index (κ1) is 24.9. The molecule has 0 saturated carbocycles. The molecule has 0 saturated heterocycles. The lowest BCUT2D eigenvalue weighted by Gasteiger charge is -2.22. The highest BCUT2D eigenvalue weighted by molar-refractivity contribution is 6.31. The number of fused-ring (bicyclic) bond motifs is 2. The molecule has 2 aliphatic heterocycles. The van der Waals surface area contributed by atoms with Crippen LogP contribution in [0.15, 0.2) is 60.9 Å². The lowest BCUT2D eigenvalue weighted by molar-refractivity contribution is 0.0566. The zero-order chi connectivity index (χ0) is 27.4. The minimum absolute atomic E-state index is 0.154. The predicted octanol–water partition coefficient (Wildman–Crippen LogP) is 6.30. The summed E-state index contributed by atoms with van der Waals surface area (Å²) in [6, 6.07) is 9.46. The molecule has 1 atom stereocenters. The van der Waals surface area contributed by atoms with Gasteiger partial charge in [-0.05, 0) is 66.1 Å². The number of nitrogens with zero attached hydrogens (tertiary/aromatic N) is 3. The summed E-state index contributed by atoms with van der Waals surface area (Å²) in [5, 5.41) is 9.45. The first-order valence-electron chi connectivity index (χ1n) is 11.8. The molecule has 0 spiro atoms. The second-order valence-electron chi connectivity index (χ2n) is 9.15. The summed E-state index contributed by atoms with van der Waals surface area (Å²) in [5.41, 5.74) is 2.81. The fourth-order valence-electron chi connectivity index (χ4n) is 5.03. The van der Waals surface area contributed by atoms with Crippen molar-refractivity contribution in [3.8, 4) is 11.1 Å². The largest absolute Gasteiger partial charge is 0.341 e. The quantitative estimate of drug-likeness (QED) is 0.290. The summed E-state index contributed by atoms with van der Waals surface area (Å²) < 4.78 is 54.7. The highest BCUT2D eigenvalue weighted by Crippen LogP contribution is 2.42. The summed E-state index contributed by atoms with van der Waals surface area (Å²) in [7, 11) is 0. The Balaban J connectivity index is 1.46.